The Morgan fingerprint density at radius 2 is 1.92 bits per heavy atom. The Hall–Kier alpha value is -2.50. The monoisotopic (exact) mass is 344 g/mol. The van der Waals surface area contributed by atoms with Gasteiger partial charge in [0.25, 0.3) is 5.91 Å². The SMILES string of the molecule is CC(CCc1ccco1)NC(=O)C1CCN(C(=O)c2ccco2)CC1. The lowest BCUT2D eigenvalue weighted by atomic mass is 9.95. The van der Waals surface area contributed by atoms with E-state index >= 15 is 0 Å². The molecule has 0 bridgehead atoms. The van der Waals surface area contributed by atoms with Crippen LogP contribution in [0.3, 0.4) is 0 Å². The van der Waals surface area contributed by atoms with Crippen LogP contribution in [0.15, 0.2) is 45.6 Å². The molecular formula is C19H24N2O4. The van der Waals surface area contributed by atoms with Gasteiger partial charge in [-0.05, 0) is 50.5 Å². The fraction of sp³-hybridized carbons (Fsp3) is 0.474. The molecule has 2 aromatic heterocycles. The zero-order chi connectivity index (χ0) is 17.6. The van der Waals surface area contributed by atoms with Crippen LogP contribution in [0.5, 0.6) is 0 Å². The van der Waals surface area contributed by atoms with Crippen LogP contribution in [0.2, 0.25) is 0 Å². The van der Waals surface area contributed by atoms with E-state index in [9.17, 15) is 9.59 Å². The molecule has 0 aliphatic carbocycles. The standard InChI is InChI=1S/C19H24N2O4/c1-14(6-7-16-4-2-12-24-16)20-18(22)15-8-10-21(11-9-15)19(23)17-5-3-13-25-17/h2-5,12-15H,6-11H2,1H3,(H,20,22). The Morgan fingerprint density at radius 3 is 2.56 bits per heavy atom. The number of carbonyl (C=O) groups excluding carboxylic acids is 2. The first-order valence-electron chi connectivity index (χ1n) is 8.79. The second-order valence-electron chi connectivity index (χ2n) is 6.57. The van der Waals surface area contributed by atoms with Crippen molar-refractivity contribution in [2.45, 2.75) is 38.6 Å². The third-order valence-corrected chi connectivity index (χ3v) is 4.68. The molecule has 3 heterocycles. The largest absolute Gasteiger partial charge is 0.469 e. The summed E-state index contributed by atoms with van der Waals surface area (Å²) in [5, 5.41) is 3.08. The first-order chi connectivity index (χ1) is 12.1. The minimum atomic E-state index is -0.101. The smallest absolute Gasteiger partial charge is 0.289 e. The molecule has 3 rings (SSSR count). The molecule has 0 saturated carbocycles. The van der Waals surface area contributed by atoms with Gasteiger partial charge in [-0.15, -0.1) is 0 Å². The summed E-state index contributed by atoms with van der Waals surface area (Å²) in [5.41, 5.74) is 0. The number of aryl methyl sites for hydroxylation is 1. The second kappa shape index (κ2) is 8.05. The van der Waals surface area contributed by atoms with Crippen molar-refractivity contribution in [2.24, 2.45) is 5.92 Å². The highest BCUT2D eigenvalue weighted by Crippen LogP contribution is 2.20. The first kappa shape index (κ1) is 17.3. The summed E-state index contributed by atoms with van der Waals surface area (Å²) in [5.74, 6) is 1.24. The molecule has 6 heteroatoms. The molecule has 0 spiro atoms. The first-order valence-corrected chi connectivity index (χ1v) is 8.79. The van der Waals surface area contributed by atoms with Crippen molar-refractivity contribution in [3.63, 3.8) is 0 Å². The van der Waals surface area contributed by atoms with Crippen molar-refractivity contribution < 1.29 is 18.4 Å². The lowest BCUT2D eigenvalue weighted by Crippen LogP contribution is -2.44. The number of hydrogen-bond donors (Lipinski definition) is 1. The minimum Gasteiger partial charge on any atom is -0.469 e. The highest BCUT2D eigenvalue weighted by Gasteiger charge is 2.29. The molecule has 1 N–H and O–H groups in total. The molecule has 6 nitrogen and oxygen atoms in total. The number of nitrogens with one attached hydrogen (secondary N) is 1. The van der Waals surface area contributed by atoms with Crippen LogP contribution in [0.4, 0.5) is 0 Å². The summed E-state index contributed by atoms with van der Waals surface area (Å²) in [6.45, 7) is 3.17. The van der Waals surface area contributed by atoms with Crippen LogP contribution < -0.4 is 5.32 Å². The maximum Gasteiger partial charge on any atom is 0.289 e. The van der Waals surface area contributed by atoms with E-state index in [-0.39, 0.29) is 23.8 Å². The van der Waals surface area contributed by atoms with Crippen LogP contribution in [-0.4, -0.2) is 35.8 Å². The third-order valence-electron chi connectivity index (χ3n) is 4.68. The van der Waals surface area contributed by atoms with Crippen molar-refractivity contribution in [3.05, 3.63) is 48.3 Å². The van der Waals surface area contributed by atoms with Gasteiger partial charge in [-0.25, -0.2) is 0 Å². The summed E-state index contributed by atoms with van der Waals surface area (Å²) in [4.78, 5) is 26.4. The summed E-state index contributed by atoms with van der Waals surface area (Å²) in [6, 6.07) is 7.29. The molecule has 1 fully saturated rings. The zero-order valence-electron chi connectivity index (χ0n) is 14.4. The lowest BCUT2D eigenvalue weighted by Gasteiger charge is -2.31. The van der Waals surface area contributed by atoms with Crippen molar-refractivity contribution in [3.8, 4) is 0 Å². The molecule has 1 atom stereocenters. The Labute approximate surface area is 147 Å². The summed E-state index contributed by atoms with van der Waals surface area (Å²) >= 11 is 0. The zero-order valence-corrected chi connectivity index (χ0v) is 14.4. The van der Waals surface area contributed by atoms with Gasteiger partial charge in [-0.2, -0.15) is 0 Å². The fourth-order valence-electron chi connectivity index (χ4n) is 3.15. The van der Waals surface area contributed by atoms with Crippen molar-refractivity contribution in [1.29, 1.82) is 0 Å². The number of carbonyl (C=O) groups is 2. The van der Waals surface area contributed by atoms with Crippen LogP contribution in [0, 0.1) is 5.92 Å². The van der Waals surface area contributed by atoms with E-state index < -0.39 is 0 Å². The van der Waals surface area contributed by atoms with E-state index in [4.69, 9.17) is 8.83 Å². The van der Waals surface area contributed by atoms with Gasteiger partial charge in [0.1, 0.15) is 5.76 Å². The van der Waals surface area contributed by atoms with Gasteiger partial charge in [0.15, 0.2) is 5.76 Å². The third kappa shape index (κ3) is 4.53. The summed E-state index contributed by atoms with van der Waals surface area (Å²) < 4.78 is 10.5. The average Bonchev–Trinajstić information content (AvgIpc) is 3.33. The molecule has 134 valence electrons. The topological polar surface area (TPSA) is 75.7 Å². The maximum absolute atomic E-state index is 12.4. The van der Waals surface area contributed by atoms with Crippen LogP contribution in [0.25, 0.3) is 0 Å². The number of furan rings is 2. The Kier molecular flexibility index (Phi) is 5.58. The van der Waals surface area contributed by atoms with Crippen LogP contribution in [0.1, 0.15) is 42.5 Å². The number of hydrogen-bond acceptors (Lipinski definition) is 4. The molecule has 1 saturated heterocycles. The van der Waals surface area contributed by atoms with E-state index in [2.05, 4.69) is 5.32 Å². The van der Waals surface area contributed by atoms with Gasteiger partial charge < -0.3 is 19.1 Å². The van der Waals surface area contributed by atoms with E-state index in [1.54, 1.807) is 23.3 Å². The predicted octanol–water partition coefficient (Wildman–Crippen LogP) is 2.86. The lowest BCUT2D eigenvalue weighted by molar-refractivity contribution is -0.126. The maximum atomic E-state index is 12.4. The van der Waals surface area contributed by atoms with Gasteiger partial charge >= 0.3 is 0 Å². The van der Waals surface area contributed by atoms with E-state index in [1.165, 1.54) is 6.26 Å². The van der Waals surface area contributed by atoms with E-state index in [0.717, 1.165) is 18.6 Å². The van der Waals surface area contributed by atoms with E-state index in [1.807, 2.05) is 19.1 Å². The average molecular weight is 344 g/mol. The molecular weight excluding hydrogens is 320 g/mol. The Balaban J connectivity index is 1.41. The summed E-state index contributed by atoms with van der Waals surface area (Å²) in [7, 11) is 0. The second-order valence-corrected chi connectivity index (χ2v) is 6.57. The van der Waals surface area contributed by atoms with Gasteiger partial charge in [-0.3, -0.25) is 9.59 Å². The molecule has 1 aliphatic heterocycles. The molecule has 2 aromatic rings. The number of likely N-dealkylation sites (tertiary alicyclic amines) is 1. The fourth-order valence-corrected chi connectivity index (χ4v) is 3.15. The van der Waals surface area contributed by atoms with Gasteiger partial charge in [0, 0.05) is 31.5 Å². The van der Waals surface area contributed by atoms with Crippen molar-refractivity contribution in [1.82, 2.24) is 10.2 Å². The molecule has 0 radical (unpaired) electrons. The summed E-state index contributed by atoms with van der Waals surface area (Å²) in [6.07, 6.45) is 6.18. The van der Waals surface area contributed by atoms with Gasteiger partial charge in [0.2, 0.25) is 5.91 Å². The molecule has 0 aromatic carbocycles. The van der Waals surface area contributed by atoms with Crippen molar-refractivity contribution >= 4 is 11.8 Å². The highest BCUT2D eigenvalue weighted by atomic mass is 16.3. The predicted molar refractivity (Wildman–Crippen MR) is 92.0 cm³/mol. The molecule has 1 aliphatic rings. The number of piperidine rings is 1. The number of amides is 2. The van der Waals surface area contributed by atoms with Crippen molar-refractivity contribution in [2.75, 3.05) is 13.1 Å². The molecule has 1 unspecified atom stereocenters. The Bertz CT molecular complexity index is 670. The number of rotatable bonds is 6. The highest BCUT2D eigenvalue weighted by molar-refractivity contribution is 5.91. The van der Waals surface area contributed by atoms with E-state index in [0.29, 0.717) is 31.7 Å². The minimum absolute atomic E-state index is 0.0355. The normalized spacial score (nSPS) is 16.6. The molecule has 25 heavy (non-hydrogen) atoms. The van der Waals surface area contributed by atoms with Crippen LogP contribution in [-0.2, 0) is 11.2 Å². The van der Waals surface area contributed by atoms with Crippen LogP contribution >= 0.6 is 0 Å². The van der Waals surface area contributed by atoms with Gasteiger partial charge in [0.05, 0.1) is 12.5 Å². The molecule has 2 amide bonds. The quantitative estimate of drug-likeness (QED) is 0.874. The number of nitrogens with zero attached hydrogens (tertiary/aromatic N) is 1. The van der Waals surface area contributed by atoms with Gasteiger partial charge in [-0.1, -0.05) is 0 Å². The Morgan fingerprint density at radius 1 is 1.20 bits per heavy atom.